The van der Waals surface area contributed by atoms with E-state index in [1.165, 1.54) is 0 Å². The molecule has 0 aliphatic heterocycles. The molecule has 1 aromatic rings. The molecule has 5 nitrogen and oxygen atoms in total. The van der Waals surface area contributed by atoms with Crippen molar-refractivity contribution in [2.45, 2.75) is 13.3 Å². The average molecular weight is 313 g/mol. The fourth-order valence-electron chi connectivity index (χ4n) is 1.37. The van der Waals surface area contributed by atoms with Gasteiger partial charge in [0.25, 0.3) is 5.91 Å². The van der Waals surface area contributed by atoms with E-state index in [0.717, 1.165) is 6.42 Å². The van der Waals surface area contributed by atoms with Gasteiger partial charge in [0.05, 0.1) is 11.4 Å². The highest BCUT2D eigenvalue weighted by molar-refractivity contribution is 9.10. The Morgan fingerprint density at radius 3 is 2.67 bits per heavy atom. The van der Waals surface area contributed by atoms with Crippen LogP contribution in [-0.4, -0.2) is 12.5 Å². The summed E-state index contributed by atoms with van der Waals surface area (Å²) in [5.41, 5.74) is 18.6. The first-order valence-electron chi connectivity index (χ1n) is 5.56. The van der Waals surface area contributed by atoms with Gasteiger partial charge in [0.2, 0.25) is 0 Å². The number of anilines is 1. The summed E-state index contributed by atoms with van der Waals surface area (Å²) in [6.45, 7) is 2.51. The largest absolute Gasteiger partial charge is 0.397 e. The lowest BCUT2D eigenvalue weighted by Crippen LogP contribution is -2.31. The van der Waals surface area contributed by atoms with Gasteiger partial charge in [0, 0.05) is 16.6 Å². The van der Waals surface area contributed by atoms with Gasteiger partial charge in [0.15, 0.2) is 0 Å². The van der Waals surface area contributed by atoms with Crippen LogP contribution in [0.5, 0.6) is 0 Å². The second-order valence-electron chi connectivity index (χ2n) is 3.78. The standard InChI is InChI=1S/C12H17BrN4O/c1-2-6-17-12(18)11(16)10(15)7-4-3-5-8(13)9(7)14/h3-5H,2,6,14-16H2,1H3,(H,17,18)/b11-10+. The molecule has 18 heavy (non-hydrogen) atoms. The molecule has 0 radical (unpaired) electrons. The lowest BCUT2D eigenvalue weighted by molar-refractivity contribution is -0.117. The van der Waals surface area contributed by atoms with Gasteiger partial charge in [0.1, 0.15) is 5.70 Å². The van der Waals surface area contributed by atoms with E-state index in [0.29, 0.717) is 22.3 Å². The zero-order valence-corrected chi connectivity index (χ0v) is 11.8. The van der Waals surface area contributed by atoms with Crippen LogP contribution in [0.1, 0.15) is 18.9 Å². The maximum absolute atomic E-state index is 11.7. The van der Waals surface area contributed by atoms with E-state index in [-0.39, 0.29) is 17.3 Å². The van der Waals surface area contributed by atoms with Gasteiger partial charge in [-0.05, 0) is 28.4 Å². The number of amides is 1. The second-order valence-corrected chi connectivity index (χ2v) is 4.64. The average Bonchev–Trinajstić information content (AvgIpc) is 2.37. The molecule has 7 N–H and O–H groups in total. The Hall–Kier alpha value is -1.69. The molecule has 0 bridgehead atoms. The number of hydrogen-bond acceptors (Lipinski definition) is 4. The molecule has 0 fully saturated rings. The van der Waals surface area contributed by atoms with Crippen LogP contribution in [-0.2, 0) is 4.79 Å². The molecule has 0 saturated carbocycles. The normalized spacial score (nSPS) is 11.9. The molecule has 0 aromatic heterocycles. The summed E-state index contributed by atoms with van der Waals surface area (Å²) in [4.78, 5) is 11.7. The number of carbonyl (C=O) groups is 1. The first-order chi connectivity index (χ1) is 8.49. The summed E-state index contributed by atoms with van der Waals surface area (Å²) in [6, 6.07) is 5.29. The van der Waals surface area contributed by atoms with Gasteiger partial charge in [-0.15, -0.1) is 0 Å². The summed E-state index contributed by atoms with van der Waals surface area (Å²) in [5.74, 6) is -0.381. The van der Waals surface area contributed by atoms with Gasteiger partial charge in [-0.1, -0.05) is 19.1 Å². The van der Waals surface area contributed by atoms with E-state index in [9.17, 15) is 4.79 Å². The summed E-state index contributed by atoms with van der Waals surface area (Å²) < 4.78 is 0.713. The quantitative estimate of drug-likeness (QED) is 0.494. The fraction of sp³-hybridized carbons (Fsp3) is 0.250. The maximum Gasteiger partial charge on any atom is 0.269 e. The van der Waals surface area contributed by atoms with Gasteiger partial charge < -0.3 is 22.5 Å². The highest BCUT2D eigenvalue weighted by Crippen LogP contribution is 2.26. The molecule has 98 valence electrons. The first kappa shape index (κ1) is 14.4. The topological polar surface area (TPSA) is 107 Å². The van der Waals surface area contributed by atoms with Crippen molar-refractivity contribution in [2.24, 2.45) is 11.5 Å². The predicted octanol–water partition coefficient (Wildman–Crippen LogP) is 1.14. The molecule has 0 unspecified atom stereocenters. The highest BCUT2D eigenvalue weighted by atomic mass is 79.9. The lowest BCUT2D eigenvalue weighted by atomic mass is 10.1. The number of halogens is 1. The van der Waals surface area contributed by atoms with Crippen molar-refractivity contribution in [3.8, 4) is 0 Å². The number of rotatable bonds is 4. The van der Waals surface area contributed by atoms with Gasteiger partial charge >= 0.3 is 0 Å². The Kier molecular flexibility index (Phi) is 5.03. The van der Waals surface area contributed by atoms with Crippen molar-refractivity contribution >= 4 is 33.2 Å². The number of carbonyl (C=O) groups excluding carboxylic acids is 1. The Bertz CT molecular complexity index is 485. The van der Waals surface area contributed by atoms with E-state index in [1.807, 2.05) is 6.92 Å². The molecule has 1 aromatic carbocycles. The van der Waals surface area contributed by atoms with E-state index in [4.69, 9.17) is 17.2 Å². The van der Waals surface area contributed by atoms with Crippen molar-refractivity contribution < 1.29 is 4.79 Å². The molecule has 1 rings (SSSR count). The summed E-state index contributed by atoms with van der Waals surface area (Å²) in [6.07, 6.45) is 0.831. The van der Waals surface area contributed by atoms with E-state index in [1.54, 1.807) is 18.2 Å². The van der Waals surface area contributed by atoms with Gasteiger partial charge in [-0.25, -0.2) is 0 Å². The minimum atomic E-state index is -0.381. The Balaban J connectivity index is 3.07. The molecule has 0 heterocycles. The Labute approximate surface area is 115 Å². The van der Waals surface area contributed by atoms with Gasteiger partial charge in [-0.3, -0.25) is 4.79 Å². The highest BCUT2D eigenvalue weighted by Gasteiger charge is 2.13. The molecule has 0 spiro atoms. The first-order valence-corrected chi connectivity index (χ1v) is 6.36. The van der Waals surface area contributed by atoms with Crippen molar-refractivity contribution in [3.63, 3.8) is 0 Å². The van der Waals surface area contributed by atoms with Crippen LogP contribution in [0.25, 0.3) is 5.70 Å². The fourth-order valence-corrected chi connectivity index (χ4v) is 1.74. The minimum absolute atomic E-state index is 0.0201. The number of nitrogens with one attached hydrogen (secondary N) is 1. The summed E-state index contributed by atoms with van der Waals surface area (Å²) in [7, 11) is 0. The molecule has 1 amide bonds. The third-order valence-corrected chi connectivity index (χ3v) is 3.10. The van der Waals surface area contributed by atoms with Crippen LogP contribution in [0.4, 0.5) is 5.69 Å². The van der Waals surface area contributed by atoms with Crippen molar-refractivity contribution in [2.75, 3.05) is 12.3 Å². The van der Waals surface area contributed by atoms with Crippen LogP contribution in [0.3, 0.4) is 0 Å². The molecule has 0 aliphatic carbocycles. The van der Waals surface area contributed by atoms with Crippen LogP contribution < -0.4 is 22.5 Å². The molecule has 6 heteroatoms. The van der Waals surface area contributed by atoms with E-state index < -0.39 is 0 Å². The summed E-state index contributed by atoms with van der Waals surface area (Å²) in [5, 5.41) is 2.66. The zero-order valence-electron chi connectivity index (χ0n) is 10.2. The van der Waals surface area contributed by atoms with Crippen molar-refractivity contribution in [1.29, 1.82) is 0 Å². The SMILES string of the molecule is CCCNC(=O)/C(N)=C(\N)c1cccc(Br)c1N. The van der Waals surface area contributed by atoms with Crippen LogP contribution in [0.2, 0.25) is 0 Å². The molecular formula is C12H17BrN4O. The van der Waals surface area contributed by atoms with Crippen LogP contribution >= 0.6 is 15.9 Å². The Morgan fingerprint density at radius 2 is 2.06 bits per heavy atom. The molecule has 0 saturated heterocycles. The maximum atomic E-state index is 11.7. The van der Waals surface area contributed by atoms with Crippen LogP contribution in [0, 0.1) is 0 Å². The molecule has 0 atom stereocenters. The molecule has 0 aliphatic rings. The third-order valence-electron chi connectivity index (χ3n) is 2.41. The predicted molar refractivity (Wildman–Crippen MR) is 77.1 cm³/mol. The second kappa shape index (κ2) is 6.30. The number of nitrogens with two attached hydrogens (primary N) is 3. The van der Waals surface area contributed by atoms with Crippen molar-refractivity contribution in [3.05, 3.63) is 33.9 Å². The van der Waals surface area contributed by atoms with E-state index in [2.05, 4.69) is 21.2 Å². The number of para-hydroxylation sites is 1. The summed E-state index contributed by atoms with van der Waals surface area (Å²) >= 11 is 3.30. The zero-order chi connectivity index (χ0) is 13.7. The van der Waals surface area contributed by atoms with Crippen molar-refractivity contribution in [1.82, 2.24) is 5.32 Å². The smallest absolute Gasteiger partial charge is 0.269 e. The number of hydrogen-bond donors (Lipinski definition) is 4. The molecular weight excluding hydrogens is 296 g/mol. The number of nitrogen functional groups attached to an aromatic ring is 1. The minimum Gasteiger partial charge on any atom is -0.397 e. The Morgan fingerprint density at radius 1 is 1.39 bits per heavy atom. The van der Waals surface area contributed by atoms with Crippen LogP contribution in [0.15, 0.2) is 28.4 Å². The lowest BCUT2D eigenvalue weighted by Gasteiger charge is -2.11. The third kappa shape index (κ3) is 3.16. The monoisotopic (exact) mass is 312 g/mol. The van der Waals surface area contributed by atoms with Gasteiger partial charge in [-0.2, -0.15) is 0 Å². The van der Waals surface area contributed by atoms with E-state index >= 15 is 0 Å². The number of benzene rings is 1.